The van der Waals surface area contributed by atoms with Crippen LogP contribution in [0.25, 0.3) is 0 Å². The molecule has 6 nitrogen and oxygen atoms in total. The maximum Gasteiger partial charge on any atom is 0.239 e. The summed E-state index contributed by atoms with van der Waals surface area (Å²) in [5.41, 5.74) is 0.354. The smallest absolute Gasteiger partial charge is 0.239 e. The summed E-state index contributed by atoms with van der Waals surface area (Å²) in [4.78, 5) is 3.93. The SMILES string of the molecule is Cc1cc(CS(=O)(=O)Nc2ncccc2Br)no1. The third-order valence-corrected chi connectivity index (χ3v) is 3.85. The lowest BCUT2D eigenvalue weighted by Gasteiger charge is -2.06. The molecule has 2 rings (SSSR count). The van der Waals surface area contributed by atoms with Crippen molar-refractivity contribution < 1.29 is 12.9 Å². The van der Waals surface area contributed by atoms with Crippen LogP contribution in [0.15, 0.2) is 33.4 Å². The van der Waals surface area contributed by atoms with Gasteiger partial charge in [0, 0.05) is 12.3 Å². The Labute approximate surface area is 113 Å². The van der Waals surface area contributed by atoms with E-state index in [0.29, 0.717) is 15.9 Å². The van der Waals surface area contributed by atoms with E-state index in [9.17, 15) is 8.42 Å². The first-order valence-corrected chi connectivity index (χ1v) is 7.44. The molecule has 1 N–H and O–H groups in total. The standard InChI is InChI=1S/C10H10BrN3O3S/c1-7-5-8(13-17-7)6-18(15,16)14-10-9(11)3-2-4-12-10/h2-5H,6H2,1H3,(H,12,14). The third kappa shape index (κ3) is 3.30. The highest BCUT2D eigenvalue weighted by Crippen LogP contribution is 2.20. The molecular formula is C10H10BrN3O3S. The minimum absolute atomic E-state index is 0.248. The zero-order chi connectivity index (χ0) is 13.2. The van der Waals surface area contributed by atoms with Crippen LogP contribution < -0.4 is 4.72 Å². The number of halogens is 1. The Kier molecular flexibility index (Phi) is 3.67. The largest absolute Gasteiger partial charge is 0.361 e. The second kappa shape index (κ2) is 5.07. The highest BCUT2D eigenvalue weighted by Gasteiger charge is 2.16. The molecule has 2 aromatic rings. The molecule has 8 heteroatoms. The molecule has 0 saturated heterocycles. The number of anilines is 1. The summed E-state index contributed by atoms with van der Waals surface area (Å²) in [6.07, 6.45) is 1.50. The second-order valence-corrected chi connectivity index (χ2v) is 6.20. The molecular weight excluding hydrogens is 322 g/mol. The van der Waals surface area contributed by atoms with Gasteiger partial charge in [0.05, 0.1) is 4.47 Å². The molecule has 0 spiro atoms. The molecule has 0 unspecified atom stereocenters. The Morgan fingerprint density at radius 2 is 2.28 bits per heavy atom. The maximum absolute atomic E-state index is 11.9. The van der Waals surface area contributed by atoms with E-state index in [-0.39, 0.29) is 11.6 Å². The van der Waals surface area contributed by atoms with Crippen molar-refractivity contribution >= 4 is 31.8 Å². The Bertz CT molecular complexity index is 654. The second-order valence-electron chi connectivity index (χ2n) is 3.62. The number of hydrogen-bond acceptors (Lipinski definition) is 5. The van der Waals surface area contributed by atoms with Crippen molar-refractivity contribution in [3.8, 4) is 0 Å². The van der Waals surface area contributed by atoms with Gasteiger partial charge in [-0.15, -0.1) is 0 Å². The lowest BCUT2D eigenvalue weighted by molar-refractivity contribution is 0.392. The number of nitrogens with one attached hydrogen (secondary N) is 1. The average molecular weight is 332 g/mol. The Hall–Kier alpha value is -1.41. The molecule has 96 valence electrons. The van der Waals surface area contributed by atoms with Crippen molar-refractivity contribution in [1.82, 2.24) is 10.1 Å². The summed E-state index contributed by atoms with van der Waals surface area (Å²) in [6.45, 7) is 1.70. The van der Waals surface area contributed by atoms with E-state index >= 15 is 0 Å². The molecule has 0 amide bonds. The molecule has 0 bridgehead atoms. The summed E-state index contributed by atoms with van der Waals surface area (Å²) in [5, 5.41) is 3.64. The molecule has 0 aliphatic carbocycles. The van der Waals surface area contributed by atoms with Gasteiger partial charge >= 0.3 is 0 Å². The molecule has 18 heavy (non-hydrogen) atoms. The molecule has 0 aliphatic heterocycles. The van der Waals surface area contributed by atoms with Gasteiger partial charge in [-0.1, -0.05) is 5.16 Å². The number of rotatable bonds is 4. The van der Waals surface area contributed by atoms with Crippen molar-refractivity contribution in [2.75, 3.05) is 4.72 Å². The first kappa shape index (κ1) is 13.0. The Morgan fingerprint density at radius 1 is 1.50 bits per heavy atom. The summed E-state index contributed by atoms with van der Waals surface area (Å²) in [7, 11) is -3.56. The first-order chi connectivity index (χ1) is 8.46. The van der Waals surface area contributed by atoms with Gasteiger partial charge in [0.1, 0.15) is 17.2 Å². The van der Waals surface area contributed by atoms with Crippen LogP contribution in [0.4, 0.5) is 5.82 Å². The van der Waals surface area contributed by atoms with Crippen LogP contribution in [0.3, 0.4) is 0 Å². The fourth-order valence-corrected chi connectivity index (χ4v) is 2.86. The topological polar surface area (TPSA) is 85.1 Å². The zero-order valence-corrected chi connectivity index (χ0v) is 11.8. The molecule has 0 saturated carbocycles. The van der Waals surface area contributed by atoms with E-state index in [1.54, 1.807) is 25.1 Å². The molecule has 0 radical (unpaired) electrons. The van der Waals surface area contributed by atoms with Gasteiger partial charge in [-0.25, -0.2) is 13.4 Å². The number of sulfonamides is 1. The van der Waals surface area contributed by atoms with E-state index in [0.717, 1.165) is 0 Å². The van der Waals surface area contributed by atoms with Gasteiger partial charge in [-0.2, -0.15) is 0 Å². The summed E-state index contributed by atoms with van der Waals surface area (Å²) < 4.78 is 31.5. The lowest BCUT2D eigenvalue weighted by Crippen LogP contribution is -2.16. The number of hydrogen-bond donors (Lipinski definition) is 1. The monoisotopic (exact) mass is 331 g/mol. The van der Waals surface area contributed by atoms with Crippen LogP contribution in [-0.4, -0.2) is 18.6 Å². The highest BCUT2D eigenvalue weighted by atomic mass is 79.9. The van der Waals surface area contributed by atoms with Crippen molar-refractivity contribution in [1.29, 1.82) is 0 Å². The number of aryl methyl sites for hydroxylation is 1. The van der Waals surface area contributed by atoms with E-state index in [4.69, 9.17) is 4.52 Å². The molecule has 0 fully saturated rings. The van der Waals surface area contributed by atoms with Crippen LogP contribution in [0.1, 0.15) is 11.5 Å². The third-order valence-electron chi connectivity index (χ3n) is 2.03. The van der Waals surface area contributed by atoms with Crippen LogP contribution in [0.2, 0.25) is 0 Å². The van der Waals surface area contributed by atoms with Gasteiger partial charge in [0.25, 0.3) is 0 Å². The van der Waals surface area contributed by atoms with Crippen molar-refractivity contribution in [2.45, 2.75) is 12.7 Å². The summed E-state index contributed by atoms with van der Waals surface area (Å²) in [5.74, 6) is 0.560. The molecule has 0 aromatic carbocycles. The van der Waals surface area contributed by atoms with Gasteiger partial charge in [-0.05, 0) is 35.0 Å². The van der Waals surface area contributed by atoms with Gasteiger partial charge in [-0.3, -0.25) is 4.72 Å². The predicted molar refractivity (Wildman–Crippen MR) is 69.4 cm³/mol. The fraction of sp³-hybridized carbons (Fsp3) is 0.200. The minimum Gasteiger partial charge on any atom is -0.361 e. The average Bonchev–Trinajstić information content (AvgIpc) is 2.66. The zero-order valence-electron chi connectivity index (χ0n) is 9.42. The van der Waals surface area contributed by atoms with Crippen LogP contribution >= 0.6 is 15.9 Å². The van der Waals surface area contributed by atoms with E-state index in [2.05, 4.69) is 30.8 Å². The maximum atomic E-state index is 11.9. The number of pyridine rings is 1. The fourth-order valence-electron chi connectivity index (χ4n) is 1.32. The van der Waals surface area contributed by atoms with E-state index < -0.39 is 10.0 Å². The summed E-state index contributed by atoms with van der Waals surface area (Å²) in [6, 6.07) is 4.97. The molecule has 2 aromatic heterocycles. The van der Waals surface area contributed by atoms with Crippen molar-refractivity contribution in [2.24, 2.45) is 0 Å². The summed E-state index contributed by atoms with van der Waals surface area (Å²) >= 11 is 3.21. The van der Waals surface area contributed by atoms with Gasteiger partial charge in [0.2, 0.25) is 10.0 Å². The van der Waals surface area contributed by atoms with Crippen LogP contribution in [0, 0.1) is 6.92 Å². The normalized spacial score (nSPS) is 11.4. The minimum atomic E-state index is -3.56. The van der Waals surface area contributed by atoms with Crippen LogP contribution in [0.5, 0.6) is 0 Å². The molecule has 0 atom stereocenters. The first-order valence-electron chi connectivity index (χ1n) is 4.99. The van der Waals surface area contributed by atoms with Crippen molar-refractivity contribution in [3.63, 3.8) is 0 Å². The highest BCUT2D eigenvalue weighted by molar-refractivity contribution is 9.10. The van der Waals surface area contributed by atoms with Gasteiger partial charge in [0.15, 0.2) is 5.82 Å². The van der Waals surface area contributed by atoms with Gasteiger partial charge < -0.3 is 4.52 Å². The number of nitrogens with zero attached hydrogens (tertiary/aromatic N) is 2. The van der Waals surface area contributed by atoms with E-state index in [1.165, 1.54) is 6.20 Å². The predicted octanol–water partition coefficient (Wildman–Crippen LogP) is 2.08. The Balaban J connectivity index is 2.15. The molecule has 2 heterocycles. The van der Waals surface area contributed by atoms with Crippen LogP contribution in [-0.2, 0) is 15.8 Å². The lowest BCUT2D eigenvalue weighted by atomic mass is 10.4. The number of aromatic nitrogens is 2. The Morgan fingerprint density at radius 3 is 2.89 bits per heavy atom. The van der Waals surface area contributed by atoms with Crippen molar-refractivity contribution in [3.05, 3.63) is 40.3 Å². The van der Waals surface area contributed by atoms with E-state index in [1.807, 2.05) is 0 Å². The molecule has 0 aliphatic rings. The quantitative estimate of drug-likeness (QED) is 0.927.